The molecule has 1 atom stereocenters. The lowest BCUT2D eigenvalue weighted by Gasteiger charge is -2.39. The molecular weight excluding hydrogens is 200 g/mol. The standard InChI is InChI=1S/C13H19N2O/c1-13(2)12(14-8-9-15-13)10-6-4-5-7-11(10)16-3/h4-7,12,14H,8-9H2,1-3H3. The van der Waals surface area contributed by atoms with Crippen molar-refractivity contribution in [1.29, 1.82) is 0 Å². The number of nitrogens with one attached hydrogen (secondary N) is 1. The van der Waals surface area contributed by atoms with Gasteiger partial charge in [0.05, 0.1) is 13.2 Å². The first-order valence-corrected chi connectivity index (χ1v) is 5.70. The highest BCUT2D eigenvalue weighted by molar-refractivity contribution is 5.38. The third kappa shape index (κ3) is 2.06. The molecule has 0 saturated carbocycles. The van der Waals surface area contributed by atoms with Crippen LogP contribution in [-0.2, 0) is 0 Å². The van der Waals surface area contributed by atoms with E-state index in [1.807, 2.05) is 18.2 Å². The van der Waals surface area contributed by atoms with E-state index in [1.54, 1.807) is 7.11 Å². The molecule has 16 heavy (non-hydrogen) atoms. The molecule has 0 bridgehead atoms. The van der Waals surface area contributed by atoms with E-state index >= 15 is 0 Å². The Hall–Kier alpha value is -1.06. The molecule has 87 valence electrons. The second kappa shape index (κ2) is 4.44. The Labute approximate surface area is 97.2 Å². The quantitative estimate of drug-likeness (QED) is 0.822. The monoisotopic (exact) mass is 219 g/mol. The fourth-order valence-electron chi connectivity index (χ4n) is 2.29. The van der Waals surface area contributed by atoms with E-state index in [0.29, 0.717) is 0 Å². The van der Waals surface area contributed by atoms with Gasteiger partial charge in [0.25, 0.3) is 0 Å². The summed E-state index contributed by atoms with van der Waals surface area (Å²) in [6.07, 6.45) is 0. The normalized spacial score (nSPS) is 24.1. The fourth-order valence-corrected chi connectivity index (χ4v) is 2.29. The van der Waals surface area contributed by atoms with Crippen molar-refractivity contribution in [2.75, 3.05) is 20.2 Å². The van der Waals surface area contributed by atoms with Crippen LogP contribution in [0.2, 0.25) is 0 Å². The van der Waals surface area contributed by atoms with Gasteiger partial charge in [0, 0.05) is 24.2 Å². The largest absolute Gasteiger partial charge is 0.496 e. The van der Waals surface area contributed by atoms with Crippen molar-refractivity contribution in [2.24, 2.45) is 0 Å². The first kappa shape index (κ1) is 11.4. The van der Waals surface area contributed by atoms with Crippen LogP contribution >= 0.6 is 0 Å². The van der Waals surface area contributed by atoms with Gasteiger partial charge in [-0.15, -0.1) is 0 Å². The predicted octanol–water partition coefficient (Wildman–Crippen LogP) is 1.72. The minimum atomic E-state index is -0.0765. The van der Waals surface area contributed by atoms with Crippen molar-refractivity contribution in [3.63, 3.8) is 0 Å². The predicted molar refractivity (Wildman–Crippen MR) is 64.8 cm³/mol. The summed E-state index contributed by atoms with van der Waals surface area (Å²) in [4.78, 5) is 0. The molecule has 1 N–H and O–H groups in total. The number of piperazine rings is 1. The van der Waals surface area contributed by atoms with Crippen LogP contribution in [0.1, 0.15) is 25.5 Å². The summed E-state index contributed by atoms with van der Waals surface area (Å²) in [6, 6.07) is 8.39. The Balaban J connectivity index is 2.34. The van der Waals surface area contributed by atoms with Gasteiger partial charge < -0.3 is 10.1 Å². The van der Waals surface area contributed by atoms with Crippen LogP contribution in [0.5, 0.6) is 5.75 Å². The van der Waals surface area contributed by atoms with Crippen molar-refractivity contribution >= 4 is 0 Å². The molecule has 1 aromatic carbocycles. The second-order valence-electron chi connectivity index (χ2n) is 4.66. The van der Waals surface area contributed by atoms with Crippen LogP contribution < -0.4 is 15.4 Å². The third-order valence-electron chi connectivity index (χ3n) is 3.14. The number of benzene rings is 1. The summed E-state index contributed by atoms with van der Waals surface area (Å²) in [7, 11) is 1.71. The lowest BCUT2D eigenvalue weighted by atomic mass is 9.86. The van der Waals surface area contributed by atoms with Crippen LogP contribution in [0, 0.1) is 0 Å². The van der Waals surface area contributed by atoms with Gasteiger partial charge in [-0.25, -0.2) is 5.32 Å². The summed E-state index contributed by atoms with van der Waals surface area (Å²) < 4.78 is 5.41. The number of rotatable bonds is 2. The molecule has 0 aliphatic carbocycles. The topological polar surface area (TPSA) is 35.4 Å². The Morgan fingerprint density at radius 2 is 2.12 bits per heavy atom. The van der Waals surface area contributed by atoms with Gasteiger partial charge in [-0.1, -0.05) is 18.2 Å². The number of methoxy groups -OCH3 is 1. The Morgan fingerprint density at radius 3 is 2.81 bits per heavy atom. The highest BCUT2D eigenvalue weighted by Gasteiger charge is 2.35. The van der Waals surface area contributed by atoms with Gasteiger partial charge in [0.1, 0.15) is 5.75 Å². The molecule has 1 aliphatic heterocycles. The molecule has 0 amide bonds. The number of nitrogens with zero attached hydrogens (tertiary/aromatic N) is 1. The minimum Gasteiger partial charge on any atom is -0.496 e. The Morgan fingerprint density at radius 1 is 1.38 bits per heavy atom. The maximum atomic E-state index is 5.41. The molecule has 1 unspecified atom stereocenters. The fraction of sp³-hybridized carbons (Fsp3) is 0.538. The number of ether oxygens (including phenoxy) is 1. The highest BCUT2D eigenvalue weighted by atomic mass is 16.5. The summed E-state index contributed by atoms with van der Waals surface area (Å²) >= 11 is 0. The van der Waals surface area contributed by atoms with Gasteiger partial charge in [-0.2, -0.15) is 0 Å². The maximum absolute atomic E-state index is 5.41. The van der Waals surface area contributed by atoms with E-state index in [1.165, 1.54) is 5.56 Å². The SMILES string of the molecule is COc1ccccc1C1NCC[N]C1(C)C. The molecule has 0 spiro atoms. The average Bonchev–Trinajstić information content (AvgIpc) is 2.28. The van der Waals surface area contributed by atoms with Gasteiger partial charge in [-0.3, -0.25) is 0 Å². The summed E-state index contributed by atoms with van der Waals surface area (Å²) in [5.41, 5.74) is 1.12. The number of para-hydroxylation sites is 1. The number of hydrogen-bond acceptors (Lipinski definition) is 2. The second-order valence-corrected chi connectivity index (χ2v) is 4.66. The molecule has 1 saturated heterocycles. The van der Waals surface area contributed by atoms with Crippen LogP contribution in [0.4, 0.5) is 0 Å². The van der Waals surface area contributed by atoms with E-state index in [2.05, 4.69) is 30.5 Å². The zero-order chi connectivity index (χ0) is 11.6. The first-order valence-electron chi connectivity index (χ1n) is 5.70. The molecular formula is C13H19N2O. The number of hydrogen-bond donors (Lipinski definition) is 1. The molecule has 1 heterocycles. The van der Waals surface area contributed by atoms with Gasteiger partial charge in [-0.05, 0) is 19.9 Å². The van der Waals surface area contributed by atoms with E-state index in [9.17, 15) is 0 Å². The van der Waals surface area contributed by atoms with Gasteiger partial charge >= 0.3 is 0 Å². The van der Waals surface area contributed by atoms with Crippen molar-refractivity contribution in [1.82, 2.24) is 10.6 Å². The van der Waals surface area contributed by atoms with Crippen molar-refractivity contribution in [2.45, 2.75) is 25.4 Å². The first-order chi connectivity index (χ1) is 7.65. The molecule has 0 aromatic heterocycles. The van der Waals surface area contributed by atoms with Crippen LogP contribution in [0.15, 0.2) is 24.3 Å². The highest BCUT2D eigenvalue weighted by Crippen LogP contribution is 2.33. The lowest BCUT2D eigenvalue weighted by Crippen LogP contribution is -2.53. The van der Waals surface area contributed by atoms with Crippen molar-refractivity contribution in [3.05, 3.63) is 29.8 Å². The zero-order valence-corrected chi connectivity index (χ0v) is 10.2. The van der Waals surface area contributed by atoms with Crippen molar-refractivity contribution in [3.8, 4) is 5.75 Å². The molecule has 3 nitrogen and oxygen atoms in total. The van der Waals surface area contributed by atoms with Gasteiger partial charge in [0.15, 0.2) is 0 Å². The molecule has 1 aliphatic rings. The van der Waals surface area contributed by atoms with Crippen LogP contribution in [0.3, 0.4) is 0 Å². The molecule has 3 heteroatoms. The maximum Gasteiger partial charge on any atom is 0.123 e. The molecule has 1 fully saturated rings. The third-order valence-corrected chi connectivity index (χ3v) is 3.14. The minimum absolute atomic E-state index is 0.0765. The Kier molecular flexibility index (Phi) is 3.17. The van der Waals surface area contributed by atoms with Crippen LogP contribution in [0.25, 0.3) is 0 Å². The van der Waals surface area contributed by atoms with Crippen molar-refractivity contribution < 1.29 is 4.74 Å². The van der Waals surface area contributed by atoms with Gasteiger partial charge in [0.2, 0.25) is 0 Å². The Bertz CT molecular complexity index is 363. The van der Waals surface area contributed by atoms with E-state index in [0.717, 1.165) is 18.8 Å². The summed E-state index contributed by atoms with van der Waals surface area (Å²) in [5.74, 6) is 0.935. The van der Waals surface area contributed by atoms with E-state index in [4.69, 9.17) is 4.74 Å². The summed E-state index contributed by atoms with van der Waals surface area (Å²) in [6.45, 7) is 6.15. The smallest absolute Gasteiger partial charge is 0.123 e. The molecule has 1 radical (unpaired) electrons. The van der Waals surface area contributed by atoms with E-state index < -0.39 is 0 Å². The average molecular weight is 219 g/mol. The summed E-state index contributed by atoms with van der Waals surface area (Å²) in [5, 5.41) is 8.20. The molecule has 1 aromatic rings. The molecule has 2 rings (SSSR count). The zero-order valence-electron chi connectivity index (χ0n) is 10.2. The van der Waals surface area contributed by atoms with E-state index in [-0.39, 0.29) is 11.6 Å². The lowest BCUT2D eigenvalue weighted by molar-refractivity contribution is 0.227. The van der Waals surface area contributed by atoms with Crippen LogP contribution in [-0.4, -0.2) is 25.7 Å².